The quantitative estimate of drug-likeness (QED) is 0.819. The van der Waals surface area contributed by atoms with Crippen LogP contribution in [0.25, 0.3) is 0 Å². The van der Waals surface area contributed by atoms with Crippen LogP contribution < -0.4 is 5.32 Å². The molecule has 1 saturated carbocycles. The molecule has 0 aromatic carbocycles. The second kappa shape index (κ2) is 3.34. The van der Waals surface area contributed by atoms with Crippen molar-refractivity contribution < 1.29 is 0 Å². The van der Waals surface area contributed by atoms with Gasteiger partial charge in [0.05, 0.1) is 12.0 Å². The summed E-state index contributed by atoms with van der Waals surface area (Å²) >= 11 is 0. The number of rotatable bonds is 3. The third-order valence-corrected chi connectivity index (χ3v) is 3.82. The highest BCUT2D eigenvalue weighted by atomic mass is 15.1. The zero-order valence-electron chi connectivity index (χ0n) is 9.37. The van der Waals surface area contributed by atoms with E-state index in [1.165, 1.54) is 31.4 Å². The summed E-state index contributed by atoms with van der Waals surface area (Å²) in [6, 6.07) is 0.551. The predicted octanol–water partition coefficient (Wildman–Crippen LogP) is 2.11. The van der Waals surface area contributed by atoms with Crippen molar-refractivity contribution >= 4 is 0 Å². The third kappa shape index (κ3) is 1.81. The lowest BCUT2D eigenvalue weighted by atomic mass is 10.1. The minimum absolute atomic E-state index is 0.551. The summed E-state index contributed by atoms with van der Waals surface area (Å²) in [5.74, 6) is 0. The van der Waals surface area contributed by atoms with Gasteiger partial charge in [0.1, 0.15) is 0 Å². The van der Waals surface area contributed by atoms with Crippen molar-refractivity contribution in [1.29, 1.82) is 0 Å². The Morgan fingerprint density at radius 3 is 3.13 bits per heavy atom. The molecule has 3 nitrogen and oxygen atoms in total. The Kier molecular flexibility index (Phi) is 2.09. The first-order valence-corrected chi connectivity index (χ1v) is 6.00. The van der Waals surface area contributed by atoms with Crippen molar-refractivity contribution in [2.75, 3.05) is 6.54 Å². The van der Waals surface area contributed by atoms with Crippen LogP contribution in [0, 0.1) is 5.41 Å². The van der Waals surface area contributed by atoms with Crippen molar-refractivity contribution in [3.8, 4) is 0 Å². The molecule has 1 atom stereocenters. The molecule has 1 saturated heterocycles. The SMILES string of the molecule is CC1(Cn2cncc2[C@@H]2CCCN2)CC1. The molecule has 1 aliphatic carbocycles. The average molecular weight is 205 g/mol. The summed E-state index contributed by atoms with van der Waals surface area (Å²) in [5.41, 5.74) is 1.95. The summed E-state index contributed by atoms with van der Waals surface area (Å²) in [6.07, 6.45) is 9.36. The number of hydrogen-bond donors (Lipinski definition) is 1. The van der Waals surface area contributed by atoms with Crippen LogP contribution in [-0.2, 0) is 6.54 Å². The van der Waals surface area contributed by atoms with Crippen LogP contribution in [-0.4, -0.2) is 16.1 Å². The van der Waals surface area contributed by atoms with Crippen LogP contribution in [0.3, 0.4) is 0 Å². The highest BCUT2D eigenvalue weighted by Crippen LogP contribution is 2.46. The summed E-state index contributed by atoms with van der Waals surface area (Å²) < 4.78 is 2.36. The van der Waals surface area contributed by atoms with Crippen LogP contribution in [0.1, 0.15) is 44.3 Å². The van der Waals surface area contributed by atoms with Crippen LogP contribution >= 0.6 is 0 Å². The molecule has 0 spiro atoms. The van der Waals surface area contributed by atoms with Gasteiger partial charge in [-0.05, 0) is 37.6 Å². The fourth-order valence-electron chi connectivity index (χ4n) is 2.47. The zero-order valence-corrected chi connectivity index (χ0v) is 9.37. The van der Waals surface area contributed by atoms with E-state index in [0.29, 0.717) is 11.5 Å². The molecular formula is C12H19N3. The smallest absolute Gasteiger partial charge is 0.0948 e. The zero-order chi connectivity index (χ0) is 10.3. The fraction of sp³-hybridized carbons (Fsp3) is 0.750. The van der Waals surface area contributed by atoms with Crippen LogP contribution in [0.5, 0.6) is 0 Å². The first kappa shape index (κ1) is 9.40. The molecule has 2 fully saturated rings. The third-order valence-electron chi connectivity index (χ3n) is 3.82. The Hall–Kier alpha value is -0.830. The van der Waals surface area contributed by atoms with Gasteiger partial charge < -0.3 is 9.88 Å². The Bertz CT molecular complexity index is 346. The maximum Gasteiger partial charge on any atom is 0.0948 e. The molecule has 1 aliphatic heterocycles. The molecule has 3 heteroatoms. The maximum atomic E-state index is 4.30. The van der Waals surface area contributed by atoms with Gasteiger partial charge >= 0.3 is 0 Å². The van der Waals surface area contributed by atoms with E-state index in [-0.39, 0.29) is 0 Å². The van der Waals surface area contributed by atoms with E-state index in [4.69, 9.17) is 0 Å². The molecule has 0 radical (unpaired) electrons. The van der Waals surface area contributed by atoms with Crippen molar-refractivity contribution in [2.45, 2.75) is 45.2 Å². The molecule has 0 bridgehead atoms. The van der Waals surface area contributed by atoms with Gasteiger partial charge in [-0.15, -0.1) is 0 Å². The molecule has 0 amide bonds. The Morgan fingerprint density at radius 1 is 1.60 bits per heavy atom. The van der Waals surface area contributed by atoms with Gasteiger partial charge in [-0.1, -0.05) is 6.92 Å². The molecule has 2 aliphatic rings. The van der Waals surface area contributed by atoms with Crippen molar-refractivity contribution in [1.82, 2.24) is 14.9 Å². The highest BCUT2D eigenvalue weighted by molar-refractivity contribution is 5.08. The van der Waals surface area contributed by atoms with Gasteiger partial charge in [0.2, 0.25) is 0 Å². The molecule has 15 heavy (non-hydrogen) atoms. The van der Waals surface area contributed by atoms with Gasteiger partial charge in [-0.2, -0.15) is 0 Å². The number of imidazole rings is 1. The summed E-state index contributed by atoms with van der Waals surface area (Å²) in [4.78, 5) is 4.30. The molecule has 1 N–H and O–H groups in total. The molecule has 1 aromatic heterocycles. The normalized spacial score (nSPS) is 28.2. The topological polar surface area (TPSA) is 29.9 Å². The fourth-order valence-corrected chi connectivity index (χ4v) is 2.47. The van der Waals surface area contributed by atoms with E-state index in [1.54, 1.807) is 0 Å². The maximum absolute atomic E-state index is 4.30. The molecular weight excluding hydrogens is 186 g/mol. The van der Waals surface area contributed by atoms with Crippen LogP contribution in [0.4, 0.5) is 0 Å². The predicted molar refractivity (Wildman–Crippen MR) is 59.5 cm³/mol. The van der Waals surface area contributed by atoms with E-state index >= 15 is 0 Å². The molecule has 0 unspecified atom stereocenters. The summed E-state index contributed by atoms with van der Waals surface area (Å²) in [5, 5.41) is 3.54. The second-order valence-electron chi connectivity index (χ2n) is 5.41. The largest absolute Gasteiger partial charge is 0.333 e. The van der Waals surface area contributed by atoms with E-state index < -0.39 is 0 Å². The Morgan fingerprint density at radius 2 is 2.47 bits per heavy atom. The number of hydrogen-bond acceptors (Lipinski definition) is 2. The van der Waals surface area contributed by atoms with Gasteiger partial charge in [0, 0.05) is 18.8 Å². The second-order valence-corrected chi connectivity index (χ2v) is 5.41. The monoisotopic (exact) mass is 205 g/mol. The van der Waals surface area contributed by atoms with Gasteiger partial charge in [0.25, 0.3) is 0 Å². The number of nitrogens with zero attached hydrogens (tertiary/aromatic N) is 2. The first-order valence-electron chi connectivity index (χ1n) is 6.00. The lowest BCUT2D eigenvalue weighted by Crippen LogP contribution is -2.18. The van der Waals surface area contributed by atoms with Crippen molar-refractivity contribution in [2.24, 2.45) is 5.41 Å². The molecule has 2 heterocycles. The Balaban J connectivity index is 1.79. The Labute approximate surface area is 90.9 Å². The van der Waals surface area contributed by atoms with E-state index in [9.17, 15) is 0 Å². The van der Waals surface area contributed by atoms with Crippen molar-refractivity contribution in [3.63, 3.8) is 0 Å². The number of nitrogens with one attached hydrogen (secondary N) is 1. The first-order chi connectivity index (χ1) is 7.27. The summed E-state index contributed by atoms with van der Waals surface area (Å²) in [7, 11) is 0. The van der Waals surface area contributed by atoms with E-state index in [1.807, 2.05) is 12.5 Å². The van der Waals surface area contributed by atoms with Crippen molar-refractivity contribution in [3.05, 3.63) is 18.2 Å². The van der Waals surface area contributed by atoms with Crippen LogP contribution in [0.2, 0.25) is 0 Å². The van der Waals surface area contributed by atoms with E-state index in [0.717, 1.165) is 13.1 Å². The lowest BCUT2D eigenvalue weighted by molar-refractivity contribution is 0.439. The highest BCUT2D eigenvalue weighted by Gasteiger charge is 2.38. The standard InChI is InChI=1S/C12H19N3/c1-12(4-5-12)8-15-9-13-7-11(15)10-3-2-6-14-10/h7,9-10,14H,2-6,8H2,1H3/t10-/m0/s1. The average Bonchev–Trinajstić information content (AvgIpc) is 2.72. The number of aromatic nitrogens is 2. The van der Waals surface area contributed by atoms with Gasteiger partial charge in [-0.3, -0.25) is 0 Å². The van der Waals surface area contributed by atoms with Gasteiger partial charge in [-0.25, -0.2) is 4.98 Å². The lowest BCUT2D eigenvalue weighted by Gasteiger charge is -2.16. The van der Waals surface area contributed by atoms with E-state index in [2.05, 4.69) is 21.8 Å². The molecule has 3 rings (SSSR count). The van der Waals surface area contributed by atoms with Crippen LogP contribution in [0.15, 0.2) is 12.5 Å². The molecule has 82 valence electrons. The minimum atomic E-state index is 0.551. The summed E-state index contributed by atoms with van der Waals surface area (Å²) in [6.45, 7) is 4.69. The van der Waals surface area contributed by atoms with Gasteiger partial charge in [0.15, 0.2) is 0 Å². The molecule has 1 aromatic rings. The minimum Gasteiger partial charge on any atom is -0.333 e.